The first-order valence-electron chi connectivity index (χ1n) is 7.45. The van der Waals surface area contributed by atoms with Gasteiger partial charge < -0.3 is 10.0 Å². The normalized spacial score (nSPS) is 25.0. The summed E-state index contributed by atoms with van der Waals surface area (Å²) in [6.07, 6.45) is 1.38. The van der Waals surface area contributed by atoms with Crippen LogP contribution in [0.3, 0.4) is 0 Å². The van der Waals surface area contributed by atoms with Crippen molar-refractivity contribution in [3.63, 3.8) is 0 Å². The molecule has 0 aliphatic carbocycles. The van der Waals surface area contributed by atoms with E-state index < -0.39 is 16.9 Å². The number of H-pyrrole nitrogens is 1. The van der Waals surface area contributed by atoms with Gasteiger partial charge in [-0.25, -0.2) is 4.79 Å². The molecule has 1 saturated heterocycles. The Morgan fingerprint density at radius 3 is 2.68 bits per heavy atom. The van der Waals surface area contributed by atoms with E-state index in [0.717, 1.165) is 0 Å². The van der Waals surface area contributed by atoms with Crippen molar-refractivity contribution in [3.8, 4) is 0 Å². The lowest BCUT2D eigenvalue weighted by Gasteiger charge is -2.31. The van der Waals surface area contributed by atoms with Gasteiger partial charge in [0, 0.05) is 24.2 Å². The van der Waals surface area contributed by atoms with Crippen LogP contribution < -0.4 is 11.2 Å². The number of rotatable bonds is 3. The topological polar surface area (TPSA) is 95.4 Å². The van der Waals surface area contributed by atoms with Gasteiger partial charge in [-0.3, -0.25) is 19.1 Å². The van der Waals surface area contributed by atoms with Gasteiger partial charge in [0.2, 0.25) is 5.91 Å². The number of β-amino-alcohol motifs (C(OH)–C–C–N with tert-alkyl or cyclic N) is 1. The van der Waals surface area contributed by atoms with Crippen molar-refractivity contribution in [3.05, 3.63) is 32.6 Å². The third-order valence-corrected chi connectivity index (χ3v) is 4.64. The fourth-order valence-electron chi connectivity index (χ4n) is 2.94. The van der Waals surface area contributed by atoms with Crippen molar-refractivity contribution in [2.45, 2.75) is 39.8 Å². The third-order valence-electron chi connectivity index (χ3n) is 4.64. The molecule has 2 rings (SSSR count). The Kier molecular flexibility index (Phi) is 4.28. The monoisotopic (exact) mass is 309 g/mol. The van der Waals surface area contributed by atoms with Gasteiger partial charge in [0.1, 0.15) is 6.54 Å². The lowest BCUT2D eigenvalue weighted by atomic mass is 9.82. The number of nitrogens with one attached hydrogen (secondary N) is 1. The van der Waals surface area contributed by atoms with Crippen molar-refractivity contribution in [1.29, 1.82) is 0 Å². The number of hydrogen-bond donors (Lipinski definition) is 2. The number of likely N-dealkylation sites (tertiary alicyclic amines) is 1. The van der Waals surface area contributed by atoms with E-state index in [1.807, 2.05) is 20.8 Å². The summed E-state index contributed by atoms with van der Waals surface area (Å²) >= 11 is 0. The number of hydrogen-bond acceptors (Lipinski definition) is 4. The summed E-state index contributed by atoms with van der Waals surface area (Å²) in [6, 6.07) is 0. The van der Waals surface area contributed by atoms with Gasteiger partial charge in [-0.1, -0.05) is 20.8 Å². The largest absolute Gasteiger partial charge is 0.387 e. The summed E-state index contributed by atoms with van der Waals surface area (Å²) in [7, 11) is 0. The highest BCUT2D eigenvalue weighted by molar-refractivity contribution is 5.76. The molecule has 1 aliphatic rings. The Morgan fingerprint density at radius 1 is 1.50 bits per heavy atom. The van der Waals surface area contributed by atoms with Crippen LogP contribution in [-0.2, 0) is 11.3 Å². The Bertz CT molecular complexity index is 691. The predicted molar refractivity (Wildman–Crippen MR) is 81.6 cm³/mol. The van der Waals surface area contributed by atoms with Crippen molar-refractivity contribution in [2.75, 3.05) is 13.1 Å². The molecule has 7 heteroatoms. The molecule has 0 spiro atoms. The predicted octanol–water partition coefficient (Wildman–Crippen LogP) is -0.290. The van der Waals surface area contributed by atoms with Crippen LogP contribution in [0.15, 0.2) is 15.8 Å². The zero-order valence-electron chi connectivity index (χ0n) is 13.4. The summed E-state index contributed by atoms with van der Waals surface area (Å²) in [5.74, 6) is -0.221. The van der Waals surface area contributed by atoms with Crippen molar-refractivity contribution in [2.24, 2.45) is 11.8 Å². The highest BCUT2D eigenvalue weighted by atomic mass is 16.3. The molecule has 2 atom stereocenters. The molecule has 0 bridgehead atoms. The maximum Gasteiger partial charge on any atom is 0.328 e. The molecule has 1 aromatic rings. The van der Waals surface area contributed by atoms with Crippen LogP contribution in [0.2, 0.25) is 0 Å². The van der Waals surface area contributed by atoms with Crippen LogP contribution in [0, 0.1) is 18.8 Å². The first kappa shape index (κ1) is 16.5. The lowest BCUT2D eigenvalue weighted by molar-refractivity contribution is -0.132. The van der Waals surface area contributed by atoms with E-state index in [1.54, 1.807) is 11.8 Å². The molecule has 22 heavy (non-hydrogen) atoms. The van der Waals surface area contributed by atoms with Crippen molar-refractivity contribution >= 4 is 5.91 Å². The van der Waals surface area contributed by atoms with Crippen molar-refractivity contribution in [1.82, 2.24) is 14.5 Å². The minimum Gasteiger partial charge on any atom is -0.387 e. The third kappa shape index (κ3) is 2.85. The molecule has 7 nitrogen and oxygen atoms in total. The molecule has 1 aromatic heterocycles. The number of aliphatic hydroxyl groups is 1. The number of carbonyl (C=O) groups excluding carboxylic acids is 1. The molecule has 0 aromatic carbocycles. The van der Waals surface area contributed by atoms with E-state index in [1.165, 1.54) is 10.8 Å². The molecule has 2 N–H and O–H groups in total. The second-order valence-electron chi connectivity index (χ2n) is 6.52. The molecular weight excluding hydrogens is 286 g/mol. The fraction of sp³-hybridized carbons (Fsp3) is 0.667. The number of nitrogens with zero attached hydrogens (tertiary/aromatic N) is 2. The lowest BCUT2D eigenvalue weighted by Crippen LogP contribution is -2.44. The van der Waals surface area contributed by atoms with E-state index in [2.05, 4.69) is 4.98 Å². The number of aromatic nitrogens is 2. The molecule has 2 heterocycles. The van der Waals surface area contributed by atoms with Gasteiger partial charge in [0.05, 0.1) is 12.1 Å². The number of carbonyl (C=O) groups is 1. The zero-order valence-corrected chi connectivity index (χ0v) is 13.4. The molecule has 1 amide bonds. The first-order chi connectivity index (χ1) is 10.1. The minimum absolute atomic E-state index is 0.0227. The standard InChI is InChI=1S/C15H23N3O4/c1-9(2)15(22)8-18(6-11(15)4)12(19)7-17-5-10(3)13(20)16-14(17)21/h5,9,11,22H,6-8H2,1-4H3,(H,16,20,21)/t11-,15-/m1/s1. The highest BCUT2D eigenvalue weighted by Crippen LogP contribution is 2.33. The highest BCUT2D eigenvalue weighted by Gasteiger charge is 2.46. The summed E-state index contributed by atoms with van der Waals surface area (Å²) in [5.41, 5.74) is -1.57. The van der Waals surface area contributed by atoms with Gasteiger partial charge in [-0.15, -0.1) is 0 Å². The van der Waals surface area contributed by atoms with E-state index in [9.17, 15) is 19.5 Å². The van der Waals surface area contributed by atoms with Crippen molar-refractivity contribution < 1.29 is 9.90 Å². The first-order valence-corrected chi connectivity index (χ1v) is 7.45. The summed E-state index contributed by atoms with van der Waals surface area (Å²) in [6.45, 7) is 7.95. The Hall–Kier alpha value is -1.89. The van der Waals surface area contributed by atoms with Crippen LogP contribution in [0.4, 0.5) is 0 Å². The molecular formula is C15H23N3O4. The van der Waals surface area contributed by atoms with E-state index in [4.69, 9.17) is 0 Å². The molecule has 122 valence electrons. The Balaban J connectivity index is 2.16. The van der Waals surface area contributed by atoms with Crippen LogP contribution in [0.1, 0.15) is 26.3 Å². The van der Waals surface area contributed by atoms with E-state index in [0.29, 0.717) is 12.1 Å². The number of amides is 1. The zero-order chi connectivity index (χ0) is 16.7. The molecule has 0 radical (unpaired) electrons. The van der Waals surface area contributed by atoms with Gasteiger partial charge in [0.25, 0.3) is 5.56 Å². The summed E-state index contributed by atoms with van der Waals surface area (Å²) in [4.78, 5) is 39.2. The summed E-state index contributed by atoms with van der Waals surface area (Å²) < 4.78 is 1.19. The summed E-state index contributed by atoms with van der Waals surface area (Å²) in [5, 5.41) is 10.6. The van der Waals surface area contributed by atoms with E-state index in [-0.39, 0.29) is 30.8 Å². The second kappa shape index (κ2) is 5.72. The van der Waals surface area contributed by atoms with Crippen LogP contribution in [0.5, 0.6) is 0 Å². The Labute approximate surface area is 128 Å². The quantitative estimate of drug-likeness (QED) is 0.802. The maximum atomic E-state index is 12.4. The number of aromatic amines is 1. The molecule has 1 aliphatic heterocycles. The SMILES string of the molecule is Cc1cn(CC(=O)N2C[C@@H](C)[C@](O)(C(C)C)C2)c(=O)[nH]c1=O. The number of aryl methyl sites for hydroxylation is 1. The van der Waals surface area contributed by atoms with Gasteiger partial charge in [-0.05, 0) is 12.8 Å². The molecule has 0 saturated carbocycles. The van der Waals surface area contributed by atoms with Crippen LogP contribution >= 0.6 is 0 Å². The van der Waals surface area contributed by atoms with Gasteiger partial charge in [0.15, 0.2) is 0 Å². The van der Waals surface area contributed by atoms with Crippen LogP contribution in [0.25, 0.3) is 0 Å². The van der Waals surface area contributed by atoms with Crippen LogP contribution in [-0.4, -0.2) is 44.2 Å². The minimum atomic E-state index is -0.901. The van der Waals surface area contributed by atoms with Gasteiger partial charge >= 0.3 is 5.69 Å². The van der Waals surface area contributed by atoms with E-state index >= 15 is 0 Å². The Morgan fingerprint density at radius 2 is 2.14 bits per heavy atom. The average Bonchev–Trinajstić information content (AvgIpc) is 2.73. The molecule has 0 unspecified atom stereocenters. The fourth-order valence-corrected chi connectivity index (χ4v) is 2.94. The molecule has 1 fully saturated rings. The maximum absolute atomic E-state index is 12.4. The second-order valence-corrected chi connectivity index (χ2v) is 6.52. The van der Waals surface area contributed by atoms with Gasteiger partial charge in [-0.2, -0.15) is 0 Å². The smallest absolute Gasteiger partial charge is 0.328 e. The average molecular weight is 309 g/mol.